The number of benzene rings is 2. The van der Waals surface area contributed by atoms with E-state index in [4.69, 9.17) is 16.3 Å². The average Bonchev–Trinajstić information content (AvgIpc) is 2.49. The second kappa shape index (κ2) is 7.22. The molecule has 0 saturated heterocycles. The monoisotopic (exact) mass is 325 g/mol. The maximum atomic E-state index is 13.6. The predicted octanol–water partition coefficient (Wildman–Crippen LogP) is 3.77. The zero-order valence-electron chi connectivity index (χ0n) is 11.9. The molecule has 2 rings (SSSR count). The lowest BCUT2D eigenvalue weighted by Crippen LogP contribution is -2.31. The summed E-state index contributed by atoms with van der Waals surface area (Å²) in [5.74, 6) is -2.22. The lowest BCUT2D eigenvalue weighted by molar-refractivity contribution is 0.0768. The van der Waals surface area contributed by atoms with E-state index in [1.165, 1.54) is 24.1 Å². The molecular weight excluding hydrogens is 312 g/mol. The summed E-state index contributed by atoms with van der Waals surface area (Å²) in [6.07, 6.45) is 0. The lowest BCUT2D eigenvalue weighted by Gasteiger charge is -2.18. The molecule has 3 nitrogen and oxygen atoms in total. The Hall–Kier alpha value is -2.14. The van der Waals surface area contributed by atoms with Crippen LogP contribution in [0.15, 0.2) is 42.5 Å². The Morgan fingerprint density at radius 3 is 2.68 bits per heavy atom. The quantitative estimate of drug-likeness (QED) is 0.837. The van der Waals surface area contributed by atoms with Gasteiger partial charge in [-0.3, -0.25) is 4.79 Å². The van der Waals surface area contributed by atoms with Gasteiger partial charge in [0.25, 0.3) is 5.91 Å². The van der Waals surface area contributed by atoms with Crippen LogP contribution in [0, 0.1) is 11.6 Å². The number of hydrogen-bond acceptors (Lipinski definition) is 2. The molecule has 6 heteroatoms. The van der Waals surface area contributed by atoms with E-state index >= 15 is 0 Å². The highest BCUT2D eigenvalue weighted by atomic mass is 35.5. The van der Waals surface area contributed by atoms with Gasteiger partial charge in [-0.1, -0.05) is 23.7 Å². The first kappa shape index (κ1) is 16.2. The Morgan fingerprint density at radius 2 is 1.95 bits per heavy atom. The Bertz CT molecular complexity index is 679. The van der Waals surface area contributed by atoms with Crippen LogP contribution in [0.25, 0.3) is 0 Å². The second-order valence-electron chi connectivity index (χ2n) is 4.63. The van der Waals surface area contributed by atoms with E-state index in [9.17, 15) is 13.6 Å². The van der Waals surface area contributed by atoms with E-state index in [0.29, 0.717) is 10.8 Å². The number of amides is 1. The topological polar surface area (TPSA) is 29.5 Å². The van der Waals surface area contributed by atoms with Gasteiger partial charge in [-0.25, -0.2) is 8.78 Å². The van der Waals surface area contributed by atoms with Gasteiger partial charge in [0.05, 0.1) is 12.1 Å². The number of nitrogens with zero attached hydrogens (tertiary/aromatic N) is 1. The van der Waals surface area contributed by atoms with Crippen LogP contribution in [0.3, 0.4) is 0 Å². The van der Waals surface area contributed by atoms with Crippen molar-refractivity contribution in [2.45, 2.75) is 0 Å². The first-order chi connectivity index (χ1) is 10.5. The van der Waals surface area contributed by atoms with Gasteiger partial charge in [-0.05, 0) is 30.3 Å². The van der Waals surface area contributed by atoms with Crippen molar-refractivity contribution in [3.8, 4) is 5.75 Å². The van der Waals surface area contributed by atoms with Crippen molar-refractivity contribution in [1.29, 1.82) is 0 Å². The van der Waals surface area contributed by atoms with E-state index in [1.54, 1.807) is 24.3 Å². The third-order valence-corrected chi connectivity index (χ3v) is 3.26. The van der Waals surface area contributed by atoms with E-state index in [1.807, 2.05) is 0 Å². The largest absolute Gasteiger partial charge is 0.492 e. The molecule has 0 heterocycles. The van der Waals surface area contributed by atoms with Gasteiger partial charge in [0.15, 0.2) is 11.6 Å². The first-order valence-electron chi connectivity index (χ1n) is 6.57. The fourth-order valence-corrected chi connectivity index (χ4v) is 2.01. The number of rotatable bonds is 5. The van der Waals surface area contributed by atoms with Crippen LogP contribution < -0.4 is 4.74 Å². The van der Waals surface area contributed by atoms with Gasteiger partial charge in [0.2, 0.25) is 0 Å². The summed E-state index contributed by atoms with van der Waals surface area (Å²) in [6, 6.07) is 10.4. The molecule has 0 saturated carbocycles. The summed E-state index contributed by atoms with van der Waals surface area (Å²) in [5.41, 5.74) is -0.301. The number of carbonyl (C=O) groups excluding carboxylic acids is 1. The highest BCUT2D eigenvalue weighted by Crippen LogP contribution is 2.17. The molecule has 0 bridgehead atoms. The van der Waals surface area contributed by atoms with Crippen LogP contribution in [-0.2, 0) is 0 Å². The van der Waals surface area contributed by atoms with E-state index in [-0.39, 0.29) is 18.7 Å². The van der Waals surface area contributed by atoms with Gasteiger partial charge < -0.3 is 9.64 Å². The lowest BCUT2D eigenvalue weighted by atomic mass is 10.2. The number of likely N-dealkylation sites (N-methyl/N-ethyl adjacent to an activating group) is 1. The Morgan fingerprint density at radius 1 is 1.23 bits per heavy atom. The van der Waals surface area contributed by atoms with Crippen molar-refractivity contribution in [2.75, 3.05) is 20.2 Å². The van der Waals surface area contributed by atoms with Crippen molar-refractivity contribution in [3.05, 3.63) is 64.7 Å². The van der Waals surface area contributed by atoms with Gasteiger partial charge in [-0.15, -0.1) is 0 Å². The SMILES string of the molecule is CN(CCOc1cccc(Cl)c1)C(=O)c1cccc(F)c1F. The molecule has 0 aliphatic carbocycles. The summed E-state index contributed by atoms with van der Waals surface area (Å²) in [5, 5.41) is 0.545. The molecule has 0 spiro atoms. The molecule has 2 aromatic carbocycles. The van der Waals surface area contributed by atoms with Crippen LogP contribution in [0.5, 0.6) is 5.75 Å². The van der Waals surface area contributed by atoms with E-state index in [0.717, 1.165) is 6.07 Å². The molecule has 1 amide bonds. The zero-order chi connectivity index (χ0) is 16.1. The molecule has 0 aromatic heterocycles. The van der Waals surface area contributed by atoms with Gasteiger partial charge in [0, 0.05) is 12.1 Å². The van der Waals surface area contributed by atoms with E-state index in [2.05, 4.69) is 0 Å². The molecular formula is C16H14ClF2NO2. The van der Waals surface area contributed by atoms with Crippen molar-refractivity contribution < 1.29 is 18.3 Å². The number of halogens is 3. The maximum Gasteiger partial charge on any atom is 0.256 e. The minimum Gasteiger partial charge on any atom is -0.492 e. The van der Waals surface area contributed by atoms with Crippen LogP contribution >= 0.6 is 11.6 Å². The Labute approximate surface area is 132 Å². The summed E-state index contributed by atoms with van der Waals surface area (Å²) < 4.78 is 32.2. The molecule has 116 valence electrons. The van der Waals surface area contributed by atoms with Crippen LogP contribution in [-0.4, -0.2) is 31.0 Å². The molecule has 0 aliphatic heterocycles. The van der Waals surface area contributed by atoms with Crippen LogP contribution in [0.4, 0.5) is 8.78 Å². The third kappa shape index (κ3) is 3.95. The molecule has 0 aliphatic rings. The normalized spacial score (nSPS) is 10.4. The van der Waals surface area contributed by atoms with Gasteiger partial charge in [-0.2, -0.15) is 0 Å². The Balaban J connectivity index is 1.93. The molecule has 2 aromatic rings. The minimum atomic E-state index is -1.14. The highest BCUT2D eigenvalue weighted by molar-refractivity contribution is 6.30. The first-order valence-corrected chi connectivity index (χ1v) is 6.94. The van der Waals surface area contributed by atoms with Gasteiger partial charge in [0.1, 0.15) is 12.4 Å². The van der Waals surface area contributed by atoms with Gasteiger partial charge >= 0.3 is 0 Å². The average molecular weight is 326 g/mol. The molecule has 22 heavy (non-hydrogen) atoms. The van der Waals surface area contributed by atoms with Crippen molar-refractivity contribution >= 4 is 17.5 Å². The van der Waals surface area contributed by atoms with Crippen molar-refractivity contribution in [1.82, 2.24) is 4.90 Å². The number of ether oxygens (including phenoxy) is 1. The molecule has 0 radical (unpaired) electrons. The third-order valence-electron chi connectivity index (χ3n) is 3.02. The smallest absolute Gasteiger partial charge is 0.256 e. The molecule has 0 unspecified atom stereocenters. The molecule has 0 atom stereocenters. The van der Waals surface area contributed by atoms with E-state index < -0.39 is 17.5 Å². The minimum absolute atomic E-state index is 0.208. The van der Waals surface area contributed by atoms with Crippen LogP contribution in [0.1, 0.15) is 10.4 Å². The standard InChI is InChI=1S/C16H14ClF2NO2/c1-20(8-9-22-12-5-2-4-11(17)10-12)16(21)13-6-3-7-14(18)15(13)19/h2-7,10H,8-9H2,1H3. The summed E-state index contributed by atoms with van der Waals surface area (Å²) >= 11 is 5.83. The number of carbonyl (C=O) groups is 1. The number of hydrogen-bond donors (Lipinski definition) is 0. The molecule has 0 N–H and O–H groups in total. The maximum absolute atomic E-state index is 13.6. The fourth-order valence-electron chi connectivity index (χ4n) is 1.83. The predicted molar refractivity (Wildman–Crippen MR) is 80.3 cm³/mol. The summed E-state index contributed by atoms with van der Waals surface area (Å²) in [7, 11) is 1.49. The molecule has 0 fully saturated rings. The van der Waals surface area contributed by atoms with Crippen molar-refractivity contribution in [3.63, 3.8) is 0 Å². The van der Waals surface area contributed by atoms with Crippen molar-refractivity contribution in [2.24, 2.45) is 0 Å². The second-order valence-corrected chi connectivity index (χ2v) is 5.07. The Kier molecular flexibility index (Phi) is 5.33. The van der Waals surface area contributed by atoms with Crippen LogP contribution in [0.2, 0.25) is 5.02 Å². The summed E-state index contributed by atoms with van der Waals surface area (Å²) in [4.78, 5) is 13.3. The summed E-state index contributed by atoms with van der Waals surface area (Å²) in [6.45, 7) is 0.431. The highest BCUT2D eigenvalue weighted by Gasteiger charge is 2.18. The fraction of sp³-hybridized carbons (Fsp3) is 0.188. The zero-order valence-corrected chi connectivity index (χ0v) is 12.6.